The fourth-order valence-corrected chi connectivity index (χ4v) is 4.36. The van der Waals surface area contributed by atoms with Crippen molar-refractivity contribution in [3.05, 3.63) is 27.7 Å². The zero-order chi connectivity index (χ0) is 13.3. The van der Waals surface area contributed by atoms with Crippen LogP contribution in [-0.4, -0.2) is 25.2 Å². The number of rotatable bonds is 3. The molecular formula is C15H18Br2O2. The van der Waals surface area contributed by atoms with Gasteiger partial charge in [0.2, 0.25) is 0 Å². The molecule has 0 spiro atoms. The van der Waals surface area contributed by atoms with Crippen molar-refractivity contribution >= 4 is 31.9 Å². The largest absolute Gasteiger partial charge is 0.493 e. The molecule has 0 unspecified atom stereocenters. The predicted molar refractivity (Wildman–Crippen MR) is 83.3 cm³/mol. The van der Waals surface area contributed by atoms with Crippen LogP contribution in [0, 0.1) is 5.41 Å². The van der Waals surface area contributed by atoms with E-state index in [0.29, 0.717) is 5.41 Å². The summed E-state index contributed by atoms with van der Waals surface area (Å²) in [6.07, 6.45) is 4.36. The average Bonchev–Trinajstić information content (AvgIpc) is 2.88. The molecular weight excluding hydrogens is 372 g/mol. The first-order chi connectivity index (χ1) is 9.22. The maximum Gasteiger partial charge on any atom is 0.125 e. The van der Waals surface area contributed by atoms with E-state index in [1.807, 2.05) is 0 Å². The maximum absolute atomic E-state index is 5.85. The van der Waals surface area contributed by atoms with Gasteiger partial charge in [-0.1, -0.05) is 31.9 Å². The van der Waals surface area contributed by atoms with Crippen LogP contribution in [0.15, 0.2) is 16.6 Å². The molecule has 0 radical (unpaired) electrons. The topological polar surface area (TPSA) is 18.5 Å². The Kier molecular flexibility index (Phi) is 4.20. The normalized spacial score (nSPS) is 20.9. The van der Waals surface area contributed by atoms with Crippen LogP contribution in [0.5, 0.6) is 5.75 Å². The highest BCUT2D eigenvalue weighted by Crippen LogP contribution is 2.41. The van der Waals surface area contributed by atoms with E-state index < -0.39 is 0 Å². The molecule has 0 atom stereocenters. The standard InChI is InChI=1S/C15H18Br2O2/c16-10-15(2-5-18-6-3-15)9-12-8-13(17)7-11-1-4-19-14(11)12/h7-8H,1-6,9-10H2. The second-order valence-corrected chi connectivity index (χ2v) is 7.05. The second kappa shape index (κ2) is 5.74. The molecule has 2 heterocycles. The van der Waals surface area contributed by atoms with Crippen LogP contribution >= 0.6 is 31.9 Å². The highest BCUT2D eigenvalue weighted by molar-refractivity contribution is 9.10. The zero-order valence-electron chi connectivity index (χ0n) is 10.9. The van der Waals surface area contributed by atoms with Gasteiger partial charge in [-0.25, -0.2) is 0 Å². The van der Waals surface area contributed by atoms with E-state index in [0.717, 1.165) is 56.6 Å². The summed E-state index contributed by atoms with van der Waals surface area (Å²) < 4.78 is 12.5. The van der Waals surface area contributed by atoms with Crippen molar-refractivity contribution in [3.8, 4) is 5.75 Å². The number of hydrogen-bond donors (Lipinski definition) is 0. The van der Waals surface area contributed by atoms with E-state index in [9.17, 15) is 0 Å². The number of alkyl halides is 1. The minimum Gasteiger partial charge on any atom is -0.493 e. The van der Waals surface area contributed by atoms with Gasteiger partial charge < -0.3 is 9.47 Å². The van der Waals surface area contributed by atoms with E-state index in [1.54, 1.807) is 0 Å². The van der Waals surface area contributed by atoms with E-state index in [4.69, 9.17) is 9.47 Å². The zero-order valence-corrected chi connectivity index (χ0v) is 14.1. The summed E-state index contributed by atoms with van der Waals surface area (Å²) in [5, 5.41) is 1.03. The smallest absolute Gasteiger partial charge is 0.125 e. The Bertz CT molecular complexity index is 467. The Balaban J connectivity index is 1.90. The lowest BCUT2D eigenvalue weighted by atomic mass is 9.77. The van der Waals surface area contributed by atoms with Crippen molar-refractivity contribution in [1.82, 2.24) is 0 Å². The molecule has 3 rings (SSSR count). The van der Waals surface area contributed by atoms with Crippen LogP contribution in [0.4, 0.5) is 0 Å². The molecule has 1 aromatic rings. The Morgan fingerprint density at radius 3 is 2.68 bits per heavy atom. The van der Waals surface area contributed by atoms with Crippen LogP contribution < -0.4 is 4.74 Å². The van der Waals surface area contributed by atoms with Crippen molar-refractivity contribution in [2.45, 2.75) is 25.7 Å². The van der Waals surface area contributed by atoms with Gasteiger partial charge in [0.25, 0.3) is 0 Å². The summed E-state index contributed by atoms with van der Waals surface area (Å²) in [5.74, 6) is 1.13. The Morgan fingerprint density at radius 1 is 1.16 bits per heavy atom. The first-order valence-corrected chi connectivity index (χ1v) is 8.72. The molecule has 1 aromatic carbocycles. The minimum absolute atomic E-state index is 0.318. The molecule has 0 saturated carbocycles. The third-order valence-electron chi connectivity index (χ3n) is 4.23. The molecule has 1 fully saturated rings. The number of fused-ring (bicyclic) bond motifs is 1. The second-order valence-electron chi connectivity index (χ2n) is 5.57. The van der Waals surface area contributed by atoms with Crippen molar-refractivity contribution < 1.29 is 9.47 Å². The van der Waals surface area contributed by atoms with Crippen molar-refractivity contribution in [3.63, 3.8) is 0 Å². The number of hydrogen-bond acceptors (Lipinski definition) is 2. The lowest BCUT2D eigenvalue weighted by Crippen LogP contribution is -2.33. The summed E-state index contributed by atoms with van der Waals surface area (Å²) in [7, 11) is 0. The minimum atomic E-state index is 0.318. The first-order valence-electron chi connectivity index (χ1n) is 6.80. The van der Waals surface area contributed by atoms with Gasteiger partial charge in [-0.3, -0.25) is 0 Å². The van der Waals surface area contributed by atoms with Gasteiger partial charge in [0.05, 0.1) is 6.61 Å². The fraction of sp³-hybridized carbons (Fsp3) is 0.600. The van der Waals surface area contributed by atoms with Crippen LogP contribution in [0.1, 0.15) is 24.0 Å². The molecule has 2 aliphatic rings. The third kappa shape index (κ3) is 2.86. The van der Waals surface area contributed by atoms with Crippen LogP contribution in [0.25, 0.3) is 0 Å². The maximum atomic E-state index is 5.85. The van der Waals surface area contributed by atoms with Gasteiger partial charge >= 0.3 is 0 Å². The number of ether oxygens (including phenoxy) is 2. The summed E-state index contributed by atoms with van der Waals surface area (Å²) in [4.78, 5) is 0. The fourth-order valence-electron chi connectivity index (χ4n) is 3.04. The number of halogens is 2. The van der Waals surface area contributed by atoms with Crippen molar-refractivity contribution in [1.29, 1.82) is 0 Å². The quantitative estimate of drug-likeness (QED) is 0.724. The van der Waals surface area contributed by atoms with Crippen LogP contribution in [0.3, 0.4) is 0 Å². The van der Waals surface area contributed by atoms with Gasteiger partial charge in [0.1, 0.15) is 5.75 Å². The van der Waals surface area contributed by atoms with Crippen LogP contribution in [-0.2, 0) is 17.6 Å². The lowest BCUT2D eigenvalue weighted by molar-refractivity contribution is 0.0267. The van der Waals surface area contributed by atoms with Gasteiger partial charge in [-0.05, 0) is 47.9 Å². The monoisotopic (exact) mass is 388 g/mol. The lowest BCUT2D eigenvalue weighted by Gasteiger charge is -2.36. The van der Waals surface area contributed by atoms with Gasteiger partial charge in [-0.15, -0.1) is 0 Å². The molecule has 0 aliphatic carbocycles. The molecule has 0 N–H and O–H groups in total. The first kappa shape index (κ1) is 13.9. The molecule has 104 valence electrons. The third-order valence-corrected chi connectivity index (χ3v) is 5.88. The van der Waals surface area contributed by atoms with E-state index in [2.05, 4.69) is 44.0 Å². The highest BCUT2D eigenvalue weighted by atomic mass is 79.9. The molecule has 1 saturated heterocycles. The highest BCUT2D eigenvalue weighted by Gasteiger charge is 2.33. The van der Waals surface area contributed by atoms with Gasteiger partial charge in [0, 0.05) is 29.4 Å². The van der Waals surface area contributed by atoms with Crippen molar-refractivity contribution in [2.24, 2.45) is 5.41 Å². The SMILES string of the molecule is BrCC1(Cc2cc(Br)cc3c2OCC3)CCOCC1. The summed E-state index contributed by atoms with van der Waals surface area (Å²) in [6.45, 7) is 2.58. The van der Waals surface area contributed by atoms with Gasteiger partial charge in [-0.2, -0.15) is 0 Å². The predicted octanol–water partition coefficient (Wildman–Crippen LogP) is 4.12. The molecule has 0 bridgehead atoms. The molecule has 2 nitrogen and oxygen atoms in total. The van der Waals surface area contributed by atoms with E-state index in [1.165, 1.54) is 15.6 Å². The van der Waals surface area contributed by atoms with E-state index >= 15 is 0 Å². The molecule has 2 aliphatic heterocycles. The number of benzene rings is 1. The summed E-state index contributed by atoms with van der Waals surface area (Å²) in [6, 6.07) is 4.42. The Hall–Kier alpha value is -0.0600. The van der Waals surface area contributed by atoms with Gasteiger partial charge in [0.15, 0.2) is 0 Å². The molecule has 19 heavy (non-hydrogen) atoms. The Labute approximate surface area is 131 Å². The average molecular weight is 390 g/mol. The molecule has 4 heteroatoms. The summed E-state index contributed by atoms with van der Waals surface area (Å²) in [5.41, 5.74) is 3.02. The molecule has 0 aromatic heterocycles. The summed E-state index contributed by atoms with van der Waals surface area (Å²) >= 11 is 7.34. The Morgan fingerprint density at radius 2 is 1.95 bits per heavy atom. The van der Waals surface area contributed by atoms with E-state index in [-0.39, 0.29) is 0 Å². The van der Waals surface area contributed by atoms with Crippen LogP contribution in [0.2, 0.25) is 0 Å². The van der Waals surface area contributed by atoms with Crippen molar-refractivity contribution in [2.75, 3.05) is 25.2 Å². The molecule has 0 amide bonds.